The van der Waals surface area contributed by atoms with E-state index in [2.05, 4.69) is 10.3 Å². The molecular weight excluding hydrogens is 703 g/mol. The number of carbonyl (C=O) groups excluding carboxylic acids is 4. The average molecular weight is 740 g/mol. The largest absolute Gasteiger partial charge is 0.490 e. The van der Waals surface area contributed by atoms with Crippen molar-refractivity contribution < 1.29 is 33.4 Å². The van der Waals surface area contributed by atoms with Crippen molar-refractivity contribution in [3.8, 4) is 11.5 Å². The Kier molecular flexibility index (Phi) is 8.94. The van der Waals surface area contributed by atoms with Crippen molar-refractivity contribution in [2.24, 2.45) is 29.6 Å². The molecule has 3 fully saturated rings. The maximum absolute atomic E-state index is 14.1. The number of carbonyl (C=O) groups is 4. The second-order valence-corrected chi connectivity index (χ2v) is 15.8. The predicted molar refractivity (Wildman–Crippen MR) is 196 cm³/mol. The first-order valence-corrected chi connectivity index (χ1v) is 19.2. The van der Waals surface area contributed by atoms with E-state index in [4.69, 9.17) is 14.2 Å². The van der Waals surface area contributed by atoms with Gasteiger partial charge in [-0.3, -0.25) is 24.1 Å². The van der Waals surface area contributed by atoms with Crippen molar-refractivity contribution >= 4 is 58.2 Å². The zero-order valence-corrected chi connectivity index (χ0v) is 30.4. The van der Waals surface area contributed by atoms with Gasteiger partial charge in [0.25, 0.3) is 5.91 Å². The number of hydrogen-bond acceptors (Lipinski definition) is 10. The smallest absolute Gasteiger partial charge is 0.338 e. The number of nitrogens with zero attached hydrogens (tertiary/aromatic N) is 1. The number of fused-ring (bicyclic) bond motifs is 9. The van der Waals surface area contributed by atoms with Crippen LogP contribution in [0, 0.1) is 36.5 Å². The maximum Gasteiger partial charge on any atom is 0.338 e. The Balaban J connectivity index is 1.05. The van der Waals surface area contributed by atoms with E-state index in [-0.39, 0.29) is 64.7 Å². The van der Waals surface area contributed by atoms with Gasteiger partial charge in [0.05, 0.1) is 41.3 Å². The van der Waals surface area contributed by atoms with E-state index in [1.807, 2.05) is 50.2 Å². The maximum atomic E-state index is 14.1. The molecule has 52 heavy (non-hydrogen) atoms. The molecule has 13 heteroatoms. The van der Waals surface area contributed by atoms with Crippen LogP contribution in [0.3, 0.4) is 0 Å². The van der Waals surface area contributed by atoms with Gasteiger partial charge >= 0.3 is 10.8 Å². The van der Waals surface area contributed by atoms with Crippen LogP contribution in [-0.2, 0) is 19.1 Å². The van der Waals surface area contributed by atoms with Crippen molar-refractivity contribution in [3.63, 3.8) is 0 Å². The number of benzene rings is 3. The molecule has 0 radical (unpaired) electrons. The summed E-state index contributed by atoms with van der Waals surface area (Å²) in [7, 11) is 0. The summed E-state index contributed by atoms with van der Waals surface area (Å²) in [6, 6.07) is 19.6. The Morgan fingerprint density at radius 3 is 2.33 bits per heavy atom. The highest BCUT2D eigenvalue weighted by Gasteiger charge is 2.69. The van der Waals surface area contributed by atoms with Crippen molar-refractivity contribution in [2.75, 3.05) is 30.0 Å². The monoisotopic (exact) mass is 739 g/mol. The molecule has 0 spiro atoms. The molecule has 4 aliphatic rings. The van der Waals surface area contributed by atoms with Crippen LogP contribution in [0.15, 0.2) is 76.6 Å². The lowest BCUT2D eigenvalue weighted by atomic mass is 9.68. The molecule has 1 aromatic heterocycles. The summed E-state index contributed by atoms with van der Waals surface area (Å²) in [5.74, 6) is -1.22. The van der Waals surface area contributed by atoms with Gasteiger partial charge in [-0.2, -0.15) is 0 Å². The summed E-state index contributed by atoms with van der Waals surface area (Å²) in [5, 5.41) is 3.64. The van der Waals surface area contributed by atoms with Gasteiger partial charge < -0.3 is 24.5 Å². The highest BCUT2D eigenvalue weighted by molar-refractivity contribution is 8.00. The molecule has 4 aromatic rings. The van der Waals surface area contributed by atoms with Crippen LogP contribution >= 0.6 is 23.1 Å². The Hall–Kier alpha value is -4.88. The average Bonchev–Trinajstić information content (AvgIpc) is 3.87. The number of aromatic amines is 1. The van der Waals surface area contributed by atoms with Crippen LogP contribution in [0.1, 0.15) is 52.5 Å². The van der Waals surface area contributed by atoms with Gasteiger partial charge in [0.15, 0.2) is 18.1 Å². The number of aryl methyl sites for hydroxylation is 1. The third kappa shape index (κ3) is 5.79. The van der Waals surface area contributed by atoms with E-state index >= 15 is 0 Å². The number of aromatic nitrogens is 1. The number of H-pyrrole nitrogens is 1. The Morgan fingerprint density at radius 2 is 1.62 bits per heavy atom. The third-order valence-electron chi connectivity index (χ3n) is 10.7. The lowest BCUT2D eigenvalue weighted by molar-refractivity contribution is -0.123. The molecule has 2 N–H and O–H groups in total. The van der Waals surface area contributed by atoms with Gasteiger partial charge in [0.2, 0.25) is 11.8 Å². The predicted octanol–water partition coefficient (Wildman–Crippen LogP) is 6.02. The number of esters is 1. The van der Waals surface area contributed by atoms with Crippen LogP contribution in [-0.4, -0.2) is 53.7 Å². The molecule has 0 unspecified atom stereocenters. The van der Waals surface area contributed by atoms with Crippen molar-refractivity contribution in [1.29, 1.82) is 0 Å². The molecule has 2 aliphatic heterocycles. The first kappa shape index (κ1) is 34.2. The van der Waals surface area contributed by atoms with E-state index in [9.17, 15) is 24.0 Å². The summed E-state index contributed by atoms with van der Waals surface area (Å²) in [5.41, 5.74) is 3.48. The minimum absolute atomic E-state index is 0.00444. The van der Waals surface area contributed by atoms with Crippen LogP contribution < -0.4 is 24.6 Å². The highest BCUT2D eigenvalue weighted by atomic mass is 32.2. The molecule has 3 amide bonds. The Bertz CT molecular complexity index is 2130. The van der Waals surface area contributed by atoms with Gasteiger partial charge in [-0.05, 0) is 99.0 Å². The summed E-state index contributed by atoms with van der Waals surface area (Å²) in [6.07, 6.45) is 0.784. The fraction of sp³-hybridized carbons (Fsp3) is 0.359. The summed E-state index contributed by atoms with van der Waals surface area (Å²) >= 11 is 2.84. The van der Waals surface area contributed by atoms with E-state index in [0.717, 1.165) is 27.5 Å². The fourth-order valence-electron chi connectivity index (χ4n) is 8.69. The second-order valence-electron chi connectivity index (χ2n) is 13.6. The standard InChI is InChI=1S/C39H37N3O8S2/c1-4-48-27-16-21(10-15-26(27)50-18-28(43)40-22-11-8-20(9-12-22)38(46)49-5-2)29-30-24-17-25(33(30)51-35-34(29)52-39(47)41-35)32-31(24)36(44)42(37(32)45)23-13-6-19(3)7-14-23/h6-16,24-25,29-33H,4-5,17-18H2,1-3H3,(H,40,43)(H,41,47)/t24-,25-,29+,30-,31+,32+,33-/m1/s1. The van der Waals surface area contributed by atoms with Gasteiger partial charge in [0, 0.05) is 21.7 Å². The number of rotatable bonds is 10. The van der Waals surface area contributed by atoms with E-state index in [1.54, 1.807) is 49.0 Å². The number of thioether (sulfide) groups is 1. The first-order valence-electron chi connectivity index (χ1n) is 17.5. The molecule has 11 nitrogen and oxygen atoms in total. The number of amides is 3. The van der Waals surface area contributed by atoms with Gasteiger partial charge in [-0.25, -0.2) is 4.79 Å². The number of anilines is 2. The number of thiazole rings is 1. The summed E-state index contributed by atoms with van der Waals surface area (Å²) < 4.78 is 17.0. The zero-order chi connectivity index (χ0) is 36.3. The lowest BCUT2D eigenvalue weighted by Gasteiger charge is -2.43. The number of nitrogens with one attached hydrogen (secondary N) is 2. The molecule has 1 saturated heterocycles. The van der Waals surface area contributed by atoms with Gasteiger partial charge in [-0.1, -0.05) is 35.1 Å². The van der Waals surface area contributed by atoms with Gasteiger partial charge in [0.1, 0.15) is 0 Å². The normalized spacial score (nSPS) is 25.4. The molecule has 2 bridgehead atoms. The molecule has 2 saturated carbocycles. The molecule has 3 heterocycles. The van der Waals surface area contributed by atoms with Crippen LogP contribution in [0.4, 0.5) is 11.4 Å². The third-order valence-corrected chi connectivity index (χ3v) is 13.3. The number of imide groups is 1. The van der Waals surface area contributed by atoms with Crippen LogP contribution in [0.2, 0.25) is 0 Å². The quantitative estimate of drug-likeness (QED) is 0.148. The summed E-state index contributed by atoms with van der Waals surface area (Å²) in [4.78, 5) is 70.8. The minimum atomic E-state index is -0.434. The molecule has 8 rings (SSSR count). The molecule has 268 valence electrons. The second kappa shape index (κ2) is 13.6. The van der Waals surface area contributed by atoms with E-state index in [1.165, 1.54) is 16.2 Å². The first-order chi connectivity index (χ1) is 25.2. The molecule has 3 aromatic carbocycles. The number of hydrogen-bond donors (Lipinski definition) is 2. The summed E-state index contributed by atoms with van der Waals surface area (Å²) in [6.45, 7) is 5.92. The Labute approximate surface area is 308 Å². The minimum Gasteiger partial charge on any atom is -0.490 e. The topological polar surface area (TPSA) is 144 Å². The van der Waals surface area contributed by atoms with Crippen molar-refractivity contribution in [2.45, 2.75) is 43.4 Å². The zero-order valence-electron chi connectivity index (χ0n) is 28.8. The lowest BCUT2D eigenvalue weighted by Crippen LogP contribution is -2.42. The molecular formula is C39H37N3O8S2. The van der Waals surface area contributed by atoms with E-state index in [0.29, 0.717) is 35.0 Å². The molecule has 2 aliphatic carbocycles. The van der Waals surface area contributed by atoms with E-state index < -0.39 is 17.8 Å². The van der Waals surface area contributed by atoms with Gasteiger partial charge in [-0.15, -0.1) is 11.8 Å². The van der Waals surface area contributed by atoms with Crippen LogP contribution in [0.25, 0.3) is 0 Å². The highest BCUT2D eigenvalue weighted by Crippen LogP contribution is 2.68. The SMILES string of the molecule is CCOC(=O)c1ccc(NC(=O)COc2ccc([C@@H]3c4sc(=O)[nH]c4S[C@@H]4[C@@H]5C[C@@H]([C@@H]6C(=O)N(c7ccc(C)cc7)C(=O)[C@@H]56)[C@H]34)cc2OCC)cc1. The van der Waals surface area contributed by atoms with Crippen molar-refractivity contribution in [1.82, 2.24) is 4.98 Å². The van der Waals surface area contributed by atoms with Crippen LogP contribution in [0.5, 0.6) is 11.5 Å². The Morgan fingerprint density at radius 1 is 0.885 bits per heavy atom. The fourth-order valence-corrected chi connectivity index (χ4v) is 11.6. The number of ether oxygens (including phenoxy) is 3. The molecule has 7 atom stereocenters. The van der Waals surface area contributed by atoms with Crippen molar-refractivity contribution in [3.05, 3.63) is 98.0 Å².